The summed E-state index contributed by atoms with van der Waals surface area (Å²) >= 11 is 0. The summed E-state index contributed by atoms with van der Waals surface area (Å²) in [5.74, 6) is -1.03. The lowest BCUT2D eigenvalue weighted by Gasteiger charge is -2.35. The molecule has 0 N–H and O–H groups in total. The maximum absolute atomic E-state index is 13.6. The molecule has 2 aliphatic heterocycles. The fourth-order valence-corrected chi connectivity index (χ4v) is 5.88. The zero-order chi connectivity index (χ0) is 26.0. The maximum Gasteiger partial charge on any atom is 0.410 e. The first-order valence-electron chi connectivity index (χ1n) is 12.4. The molecule has 2 unspecified atom stereocenters. The average Bonchev–Trinajstić information content (AvgIpc) is 3.23. The second-order valence-electron chi connectivity index (χ2n) is 12.2. The molecule has 35 heavy (non-hydrogen) atoms. The van der Waals surface area contributed by atoms with Crippen molar-refractivity contribution in [2.24, 2.45) is 16.7 Å². The molecule has 1 aromatic heterocycles. The van der Waals surface area contributed by atoms with Gasteiger partial charge >= 0.3 is 18.0 Å². The fourth-order valence-electron chi connectivity index (χ4n) is 5.88. The summed E-state index contributed by atoms with van der Waals surface area (Å²) in [4.78, 5) is 45.4. The van der Waals surface area contributed by atoms with Gasteiger partial charge in [0.1, 0.15) is 11.7 Å². The van der Waals surface area contributed by atoms with Gasteiger partial charge in [-0.25, -0.2) is 9.59 Å². The Labute approximate surface area is 207 Å². The second kappa shape index (κ2) is 8.20. The van der Waals surface area contributed by atoms with Crippen LogP contribution in [0.1, 0.15) is 71.3 Å². The van der Waals surface area contributed by atoms with Crippen LogP contribution in [0.5, 0.6) is 0 Å². The lowest BCUT2D eigenvalue weighted by molar-refractivity contribution is -0.188. The van der Waals surface area contributed by atoms with E-state index in [1.165, 1.54) is 0 Å². The summed E-state index contributed by atoms with van der Waals surface area (Å²) in [5.41, 5.74) is -0.438. The molecule has 2 saturated heterocycles. The van der Waals surface area contributed by atoms with Crippen molar-refractivity contribution in [1.82, 2.24) is 9.88 Å². The van der Waals surface area contributed by atoms with Crippen molar-refractivity contribution in [3.05, 3.63) is 29.1 Å². The van der Waals surface area contributed by atoms with Gasteiger partial charge < -0.3 is 19.1 Å². The minimum atomic E-state index is -1.30. The van der Waals surface area contributed by atoms with Crippen molar-refractivity contribution < 1.29 is 28.6 Å². The molecular formula is C27H38N2O6. The lowest BCUT2D eigenvalue weighted by atomic mass is 9.66. The van der Waals surface area contributed by atoms with Crippen LogP contribution in [0.4, 0.5) is 4.79 Å². The summed E-state index contributed by atoms with van der Waals surface area (Å²) in [6.07, 6.45) is 0.571. The van der Waals surface area contributed by atoms with Crippen LogP contribution in [0.2, 0.25) is 0 Å². The largest absolute Gasteiger partial charge is 0.457 e. The molecule has 0 radical (unpaired) electrons. The number of pyridine rings is 1. The highest BCUT2D eigenvalue weighted by Gasteiger charge is 2.76. The van der Waals surface area contributed by atoms with Gasteiger partial charge in [-0.1, -0.05) is 13.8 Å². The monoisotopic (exact) mass is 486 g/mol. The number of aromatic nitrogens is 1. The van der Waals surface area contributed by atoms with Crippen molar-refractivity contribution in [3.8, 4) is 0 Å². The number of amides is 1. The number of likely N-dealkylation sites (tertiary alicyclic amines) is 1. The van der Waals surface area contributed by atoms with E-state index in [9.17, 15) is 14.4 Å². The fraction of sp³-hybridized carbons (Fsp3) is 0.704. The molecule has 4 rings (SSSR count). The molecule has 1 aliphatic carbocycles. The van der Waals surface area contributed by atoms with Gasteiger partial charge in [-0.3, -0.25) is 9.78 Å². The first kappa shape index (κ1) is 25.5. The highest BCUT2D eigenvalue weighted by Crippen LogP contribution is 2.66. The number of carbonyl (C=O) groups is 3. The zero-order valence-corrected chi connectivity index (χ0v) is 22.2. The van der Waals surface area contributed by atoms with Gasteiger partial charge in [0.05, 0.1) is 12.0 Å². The van der Waals surface area contributed by atoms with Gasteiger partial charge in [-0.2, -0.15) is 0 Å². The normalized spacial score (nSPS) is 31.4. The minimum absolute atomic E-state index is 0.162. The van der Waals surface area contributed by atoms with Crippen LogP contribution in [-0.2, 0) is 30.2 Å². The molecule has 3 fully saturated rings. The Balaban J connectivity index is 1.58. The minimum Gasteiger partial charge on any atom is -0.457 e. The molecule has 1 amide bonds. The second-order valence-corrected chi connectivity index (χ2v) is 12.2. The standard InChI is InChI=1S/C27H38N2O6/c1-16-11-17(2)28-19(12-16)13-18-14-29(23(32)35-24(3,4)5)15-20(18)33-22(31)27-10-9-26(8,21(30)34-27)25(27,6)7/h11-12,18,20H,9-10,13-15H2,1-8H3/t18-,20+,26?,27?/m1/s1. The predicted molar refractivity (Wildman–Crippen MR) is 129 cm³/mol. The molecule has 8 nitrogen and oxygen atoms in total. The molecule has 0 spiro atoms. The van der Waals surface area contributed by atoms with Crippen molar-refractivity contribution in [1.29, 1.82) is 0 Å². The Bertz CT molecular complexity index is 1040. The highest BCUT2D eigenvalue weighted by atomic mass is 16.6. The van der Waals surface area contributed by atoms with Crippen molar-refractivity contribution >= 4 is 18.0 Å². The Morgan fingerprint density at radius 3 is 2.37 bits per heavy atom. The third-order valence-electron chi connectivity index (χ3n) is 8.33. The lowest BCUT2D eigenvalue weighted by Crippen LogP contribution is -2.50. The summed E-state index contributed by atoms with van der Waals surface area (Å²) in [6.45, 7) is 15.7. The van der Waals surface area contributed by atoms with Gasteiger partial charge in [0.15, 0.2) is 0 Å². The Hall–Kier alpha value is -2.64. The number of hydrogen-bond donors (Lipinski definition) is 0. The zero-order valence-electron chi connectivity index (χ0n) is 22.2. The molecule has 3 aliphatic rings. The number of nitrogens with zero attached hydrogens (tertiary/aromatic N) is 2. The quantitative estimate of drug-likeness (QED) is 0.466. The molecule has 0 aromatic carbocycles. The maximum atomic E-state index is 13.6. The molecule has 3 heterocycles. The number of ether oxygens (including phenoxy) is 3. The highest BCUT2D eigenvalue weighted by molar-refractivity contribution is 5.93. The third-order valence-corrected chi connectivity index (χ3v) is 8.33. The van der Waals surface area contributed by atoms with Gasteiger partial charge in [0.25, 0.3) is 0 Å². The van der Waals surface area contributed by atoms with E-state index >= 15 is 0 Å². The van der Waals surface area contributed by atoms with E-state index in [1.54, 1.807) is 4.90 Å². The Kier molecular flexibility index (Phi) is 5.97. The SMILES string of the molecule is Cc1cc(C)nc(C[C@@H]2CN(C(=O)OC(C)(C)C)C[C@@H]2OC(=O)C23CCC(C)(C(=O)O2)C3(C)C)c1. The van der Waals surface area contributed by atoms with Crippen molar-refractivity contribution in [3.63, 3.8) is 0 Å². The average molecular weight is 487 g/mol. The van der Waals surface area contributed by atoms with Gasteiger partial charge in [0, 0.05) is 29.3 Å². The molecule has 8 heteroatoms. The van der Waals surface area contributed by atoms with E-state index < -0.39 is 40.2 Å². The van der Waals surface area contributed by atoms with E-state index in [4.69, 9.17) is 14.2 Å². The summed E-state index contributed by atoms with van der Waals surface area (Å²) in [5, 5.41) is 0. The van der Waals surface area contributed by atoms with Crippen molar-refractivity contribution in [2.45, 2.75) is 92.0 Å². The van der Waals surface area contributed by atoms with Crippen LogP contribution in [0.25, 0.3) is 0 Å². The molecule has 192 valence electrons. The first-order chi connectivity index (χ1) is 16.1. The van der Waals surface area contributed by atoms with E-state index in [1.807, 2.05) is 67.5 Å². The van der Waals surface area contributed by atoms with E-state index in [0.717, 1.165) is 17.0 Å². The van der Waals surface area contributed by atoms with Crippen LogP contribution < -0.4 is 0 Å². The smallest absolute Gasteiger partial charge is 0.410 e. The molecule has 1 aromatic rings. The predicted octanol–water partition coefficient (Wildman–Crippen LogP) is 4.14. The van der Waals surface area contributed by atoms with E-state index in [0.29, 0.717) is 25.8 Å². The van der Waals surface area contributed by atoms with Crippen LogP contribution in [-0.4, -0.2) is 58.3 Å². The number of carbonyl (C=O) groups excluding carboxylic acids is 3. The Morgan fingerprint density at radius 2 is 1.83 bits per heavy atom. The third kappa shape index (κ3) is 4.19. The molecule has 2 bridgehead atoms. The number of hydrogen-bond acceptors (Lipinski definition) is 7. The molecular weight excluding hydrogens is 448 g/mol. The Morgan fingerprint density at radius 1 is 1.14 bits per heavy atom. The van der Waals surface area contributed by atoms with E-state index in [-0.39, 0.29) is 18.4 Å². The summed E-state index contributed by atoms with van der Waals surface area (Å²) < 4.78 is 17.4. The summed E-state index contributed by atoms with van der Waals surface area (Å²) in [7, 11) is 0. The van der Waals surface area contributed by atoms with Crippen molar-refractivity contribution in [2.75, 3.05) is 13.1 Å². The van der Waals surface area contributed by atoms with Crippen LogP contribution in [0.3, 0.4) is 0 Å². The van der Waals surface area contributed by atoms with Gasteiger partial charge in [-0.05, 0) is 78.5 Å². The number of fused-ring (bicyclic) bond motifs is 2. The number of esters is 2. The topological polar surface area (TPSA) is 95.0 Å². The van der Waals surface area contributed by atoms with Crippen LogP contribution >= 0.6 is 0 Å². The summed E-state index contributed by atoms with van der Waals surface area (Å²) in [6, 6.07) is 4.03. The van der Waals surface area contributed by atoms with Gasteiger partial charge in [-0.15, -0.1) is 0 Å². The number of aryl methyl sites for hydroxylation is 2. The van der Waals surface area contributed by atoms with Crippen LogP contribution in [0, 0.1) is 30.6 Å². The van der Waals surface area contributed by atoms with Gasteiger partial charge in [0.2, 0.25) is 5.60 Å². The molecule has 1 saturated carbocycles. The molecule has 4 atom stereocenters. The van der Waals surface area contributed by atoms with E-state index in [2.05, 4.69) is 4.98 Å². The van der Waals surface area contributed by atoms with Crippen LogP contribution in [0.15, 0.2) is 12.1 Å². The first-order valence-corrected chi connectivity index (χ1v) is 12.4. The number of rotatable bonds is 4.